The lowest BCUT2D eigenvalue weighted by Crippen LogP contribution is -2.36. The van der Waals surface area contributed by atoms with Crippen molar-refractivity contribution in [2.45, 2.75) is 73.3 Å². The first-order valence-corrected chi connectivity index (χ1v) is 14.2. The maximum absolute atomic E-state index is 13.1. The summed E-state index contributed by atoms with van der Waals surface area (Å²) in [6.07, 6.45) is 4.33. The van der Waals surface area contributed by atoms with E-state index in [2.05, 4.69) is 27.7 Å². The SMILES string of the molecule is CC(C)CC(C)(C(=O)OCCCCCCn1c(=O)cc(-c2ccccc2)n(-c2ccccc2)c1=S)C(C)C. The Balaban J connectivity index is 1.62. The van der Waals surface area contributed by atoms with Gasteiger partial charge in [-0.05, 0) is 74.4 Å². The van der Waals surface area contributed by atoms with Crippen LogP contribution in [0.2, 0.25) is 0 Å². The zero-order valence-electron chi connectivity index (χ0n) is 23.5. The highest BCUT2D eigenvalue weighted by Gasteiger charge is 2.38. The van der Waals surface area contributed by atoms with Crippen molar-refractivity contribution >= 4 is 18.2 Å². The number of ether oxygens (including phenoxy) is 1. The highest BCUT2D eigenvalue weighted by molar-refractivity contribution is 7.71. The number of para-hydroxylation sites is 1. The summed E-state index contributed by atoms with van der Waals surface area (Å²) in [5.74, 6) is 0.581. The standard InChI is InChI=1S/C32H42N2O3S/c1-24(2)23-32(5,25(3)4)30(36)37-21-15-7-6-14-20-33-29(35)22-28(26-16-10-8-11-17-26)34(31(33)38)27-18-12-9-13-19-27/h8-13,16-19,22,24-25H,6-7,14-15,20-21,23H2,1-5H3. The summed E-state index contributed by atoms with van der Waals surface area (Å²) < 4.78 is 9.84. The number of unbranched alkanes of at least 4 members (excludes halogenated alkanes) is 3. The lowest BCUT2D eigenvalue weighted by molar-refractivity contribution is -0.159. The molecule has 0 fully saturated rings. The van der Waals surface area contributed by atoms with E-state index in [-0.39, 0.29) is 17.4 Å². The molecule has 0 radical (unpaired) electrons. The van der Waals surface area contributed by atoms with Crippen LogP contribution in [0.3, 0.4) is 0 Å². The van der Waals surface area contributed by atoms with Gasteiger partial charge in [0.15, 0.2) is 4.77 Å². The summed E-state index contributed by atoms with van der Waals surface area (Å²) in [6, 6.07) is 21.5. The molecule has 0 aliphatic carbocycles. The molecular formula is C32H42N2O3S. The summed E-state index contributed by atoms with van der Waals surface area (Å²) in [7, 11) is 0. The van der Waals surface area contributed by atoms with Crippen LogP contribution >= 0.6 is 12.2 Å². The summed E-state index contributed by atoms with van der Waals surface area (Å²) in [4.78, 5) is 25.9. The smallest absolute Gasteiger partial charge is 0.312 e. The number of hydrogen-bond donors (Lipinski definition) is 0. The van der Waals surface area contributed by atoms with Crippen molar-refractivity contribution in [3.8, 4) is 16.9 Å². The molecule has 38 heavy (non-hydrogen) atoms. The van der Waals surface area contributed by atoms with Crippen LogP contribution in [0.15, 0.2) is 71.5 Å². The third-order valence-electron chi connectivity index (χ3n) is 7.36. The molecule has 3 aromatic rings. The number of nitrogens with zero attached hydrogens (tertiary/aromatic N) is 2. The van der Waals surface area contributed by atoms with Gasteiger partial charge in [0.1, 0.15) is 0 Å². The molecule has 0 amide bonds. The molecule has 0 aliphatic rings. The second kappa shape index (κ2) is 13.7. The first-order valence-electron chi connectivity index (χ1n) is 13.8. The van der Waals surface area contributed by atoms with E-state index in [1.165, 1.54) is 0 Å². The van der Waals surface area contributed by atoms with Crippen molar-refractivity contribution < 1.29 is 9.53 Å². The van der Waals surface area contributed by atoms with Gasteiger partial charge in [0.25, 0.3) is 5.56 Å². The van der Waals surface area contributed by atoms with Crippen LogP contribution in [0, 0.1) is 22.0 Å². The van der Waals surface area contributed by atoms with Crippen LogP contribution in [0.5, 0.6) is 0 Å². The van der Waals surface area contributed by atoms with Gasteiger partial charge >= 0.3 is 5.97 Å². The lowest BCUT2D eigenvalue weighted by atomic mass is 9.73. The van der Waals surface area contributed by atoms with Gasteiger partial charge in [0, 0.05) is 18.3 Å². The largest absolute Gasteiger partial charge is 0.465 e. The molecule has 204 valence electrons. The second-order valence-electron chi connectivity index (χ2n) is 11.1. The maximum atomic E-state index is 13.1. The molecule has 1 unspecified atom stereocenters. The molecule has 1 aromatic heterocycles. The van der Waals surface area contributed by atoms with E-state index in [0.717, 1.165) is 49.0 Å². The highest BCUT2D eigenvalue weighted by atomic mass is 32.1. The molecule has 1 atom stereocenters. The van der Waals surface area contributed by atoms with Crippen LogP contribution in [0.4, 0.5) is 0 Å². The summed E-state index contributed by atoms with van der Waals surface area (Å²) in [5, 5.41) is 0. The van der Waals surface area contributed by atoms with Crippen molar-refractivity contribution in [3.63, 3.8) is 0 Å². The van der Waals surface area contributed by atoms with Gasteiger partial charge in [0.05, 0.1) is 17.7 Å². The molecule has 0 bridgehead atoms. The first-order chi connectivity index (χ1) is 18.1. The number of esters is 1. The number of carbonyl (C=O) groups excluding carboxylic acids is 1. The third-order valence-corrected chi connectivity index (χ3v) is 7.76. The van der Waals surface area contributed by atoms with Crippen molar-refractivity contribution in [2.75, 3.05) is 6.61 Å². The Morgan fingerprint density at radius 3 is 2.13 bits per heavy atom. The molecule has 0 saturated carbocycles. The zero-order chi connectivity index (χ0) is 27.7. The number of hydrogen-bond acceptors (Lipinski definition) is 4. The Hall–Kier alpha value is -2.99. The number of aromatic nitrogens is 2. The van der Waals surface area contributed by atoms with Crippen LogP contribution in [0.1, 0.15) is 66.7 Å². The van der Waals surface area contributed by atoms with E-state index < -0.39 is 5.41 Å². The Bertz CT molecular complexity index is 1300. The van der Waals surface area contributed by atoms with E-state index in [9.17, 15) is 9.59 Å². The molecule has 5 nitrogen and oxygen atoms in total. The summed E-state index contributed by atoms with van der Waals surface area (Å²) in [5.41, 5.74) is 2.12. The monoisotopic (exact) mass is 534 g/mol. The van der Waals surface area contributed by atoms with Gasteiger partial charge in [-0.3, -0.25) is 18.7 Å². The minimum absolute atomic E-state index is 0.0897. The van der Waals surface area contributed by atoms with E-state index in [1.807, 2.05) is 72.2 Å². The van der Waals surface area contributed by atoms with Gasteiger partial charge in [-0.25, -0.2) is 0 Å². The molecular weight excluding hydrogens is 492 g/mol. The fourth-order valence-corrected chi connectivity index (χ4v) is 5.27. The third kappa shape index (κ3) is 7.31. The number of carbonyl (C=O) groups is 1. The highest BCUT2D eigenvalue weighted by Crippen LogP contribution is 2.35. The van der Waals surface area contributed by atoms with E-state index in [1.54, 1.807) is 10.6 Å². The molecule has 1 heterocycles. The minimum atomic E-state index is -0.449. The summed E-state index contributed by atoms with van der Waals surface area (Å²) >= 11 is 5.85. The molecule has 6 heteroatoms. The number of benzene rings is 2. The minimum Gasteiger partial charge on any atom is -0.465 e. The fraction of sp³-hybridized carbons (Fsp3) is 0.469. The fourth-order valence-electron chi connectivity index (χ4n) is 4.89. The van der Waals surface area contributed by atoms with Crippen molar-refractivity contribution in [1.29, 1.82) is 0 Å². The van der Waals surface area contributed by atoms with E-state index >= 15 is 0 Å². The summed E-state index contributed by atoms with van der Waals surface area (Å²) in [6.45, 7) is 11.5. The lowest BCUT2D eigenvalue weighted by Gasteiger charge is -2.32. The molecule has 3 rings (SSSR count). The average Bonchev–Trinajstić information content (AvgIpc) is 2.89. The second-order valence-corrected chi connectivity index (χ2v) is 11.4. The Morgan fingerprint density at radius 2 is 1.53 bits per heavy atom. The van der Waals surface area contributed by atoms with Gasteiger partial charge < -0.3 is 4.74 Å². The van der Waals surface area contributed by atoms with Crippen molar-refractivity contribution in [1.82, 2.24) is 9.13 Å². The van der Waals surface area contributed by atoms with Crippen LogP contribution in [-0.2, 0) is 16.1 Å². The molecule has 0 aliphatic heterocycles. The van der Waals surface area contributed by atoms with Crippen LogP contribution in [-0.4, -0.2) is 21.7 Å². The first kappa shape index (κ1) is 29.6. The van der Waals surface area contributed by atoms with Gasteiger partial charge in [-0.15, -0.1) is 0 Å². The van der Waals surface area contributed by atoms with Crippen molar-refractivity contribution in [2.24, 2.45) is 17.3 Å². The molecule has 0 saturated heterocycles. The van der Waals surface area contributed by atoms with Gasteiger partial charge in [-0.1, -0.05) is 82.6 Å². The van der Waals surface area contributed by atoms with Gasteiger partial charge in [-0.2, -0.15) is 0 Å². The van der Waals surface area contributed by atoms with Crippen LogP contribution in [0.25, 0.3) is 16.9 Å². The predicted octanol–water partition coefficient (Wildman–Crippen LogP) is 7.85. The normalized spacial score (nSPS) is 13.0. The predicted molar refractivity (Wildman–Crippen MR) is 158 cm³/mol. The van der Waals surface area contributed by atoms with Crippen molar-refractivity contribution in [3.05, 3.63) is 81.9 Å². The Morgan fingerprint density at radius 1 is 0.921 bits per heavy atom. The Labute approximate surface area is 232 Å². The van der Waals surface area contributed by atoms with Gasteiger partial charge in [0.2, 0.25) is 0 Å². The molecule has 2 aromatic carbocycles. The average molecular weight is 535 g/mol. The quantitative estimate of drug-likeness (QED) is 0.127. The van der Waals surface area contributed by atoms with E-state index in [0.29, 0.717) is 23.8 Å². The molecule has 0 N–H and O–H groups in total. The van der Waals surface area contributed by atoms with Crippen LogP contribution < -0.4 is 5.56 Å². The Kier molecular flexibility index (Phi) is 10.7. The maximum Gasteiger partial charge on any atom is 0.312 e. The topological polar surface area (TPSA) is 53.2 Å². The number of rotatable bonds is 13. The van der Waals surface area contributed by atoms with E-state index in [4.69, 9.17) is 17.0 Å². The zero-order valence-corrected chi connectivity index (χ0v) is 24.3. The molecule has 0 spiro atoms.